The third kappa shape index (κ3) is 89.3. The van der Waals surface area contributed by atoms with Gasteiger partial charge in [0, 0.05) is 11.2 Å². The van der Waals surface area contributed by atoms with Crippen LogP contribution < -0.4 is 0 Å². The van der Waals surface area contributed by atoms with Gasteiger partial charge in [-0.3, -0.25) is 0 Å². The molecule has 0 unspecified atom stereocenters. The Balaban J connectivity index is -0.0000000800. The molecule has 0 aliphatic rings. The summed E-state index contributed by atoms with van der Waals surface area (Å²) in [6, 6.07) is 0. The van der Waals surface area contributed by atoms with E-state index in [0.29, 0.717) is 0 Å². The molecule has 0 aliphatic carbocycles. The number of rotatable bonds is 0. The molecule has 0 amide bonds. The van der Waals surface area contributed by atoms with Gasteiger partial charge in [-0.25, -0.2) is 4.57 Å². The van der Waals surface area contributed by atoms with Crippen LogP contribution in [-0.2, 0) is 4.57 Å². The molecule has 0 aromatic rings. The smallest absolute Gasteiger partial charge is 0.0149 e. The Labute approximate surface area is 72.7 Å². The van der Waals surface area contributed by atoms with Crippen LogP contribution >= 0.6 is 18.2 Å². The molecule has 0 saturated carbocycles. The van der Waals surface area contributed by atoms with E-state index in [0.717, 1.165) is 0 Å². The van der Waals surface area contributed by atoms with Crippen molar-refractivity contribution in [3.8, 4) is 0 Å². The van der Waals surface area contributed by atoms with Gasteiger partial charge in [-0.1, -0.05) is 0 Å². The standard InChI is InChI=1S/ClH2O3P.Na.H4Si.H/c1-5(2,3)4;;;/h(H2,2,3,4);;1H4;. The van der Waals surface area contributed by atoms with Crippen molar-refractivity contribution in [2.75, 3.05) is 0 Å². The van der Waals surface area contributed by atoms with Crippen LogP contribution in [0.3, 0.4) is 0 Å². The van der Waals surface area contributed by atoms with Crippen molar-refractivity contribution in [1.82, 2.24) is 0 Å². The van der Waals surface area contributed by atoms with Gasteiger partial charge in [0.1, 0.15) is 0 Å². The molecule has 0 atom stereocenters. The maximum atomic E-state index is 9.09. The maximum Gasteiger partial charge on any atom is -0.0149 e. The third-order valence-electron chi connectivity index (χ3n) is 0. The number of hydrogen-bond donors (Lipinski definition) is 2. The summed E-state index contributed by atoms with van der Waals surface area (Å²) >= 11 is 4.20. The van der Waals surface area contributed by atoms with E-state index in [9.17, 15) is 0 Å². The van der Waals surface area contributed by atoms with Crippen LogP contribution in [-0.4, -0.2) is 50.3 Å². The van der Waals surface area contributed by atoms with Crippen molar-refractivity contribution in [3.05, 3.63) is 0 Å². The molecule has 42 valence electrons. The van der Waals surface area contributed by atoms with Crippen LogP contribution in [0.2, 0.25) is 0 Å². The molecule has 0 saturated heterocycles. The molecule has 0 aromatic carbocycles. The summed E-state index contributed by atoms with van der Waals surface area (Å²) in [5.41, 5.74) is 0. The zero-order valence-electron chi connectivity index (χ0n) is 2.13. The Morgan fingerprint density at radius 3 is 1.43 bits per heavy atom. The first-order chi connectivity index (χ1) is 2.00. The minimum absolute atomic E-state index is 0. The Morgan fingerprint density at radius 1 is 1.43 bits per heavy atom. The Hall–Kier alpha value is 1.66. The van der Waals surface area contributed by atoms with E-state index in [1.165, 1.54) is 0 Å². The van der Waals surface area contributed by atoms with Crippen molar-refractivity contribution >= 4 is 58.7 Å². The summed E-state index contributed by atoms with van der Waals surface area (Å²) in [6.45, 7) is -4.17. The van der Waals surface area contributed by atoms with Crippen molar-refractivity contribution < 1.29 is 14.4 Å². The minimum Gasteiger partial charge on any atom is -0.0149 e. The summed E-state index contributed by atoms with van der Waals surface area (Å²) < 4.78 is 9.09. The van der Waals surface area contributed by atoms with Crippen LogP contribution in [0.25, 0.3) is 0 Å². The quantitative estimate of drug-likeness (QED) is 0.336. The molecule has 0 spiro atoms. The predicted molar refractivity (Wildman–Crippen MR) is 36.4 cm³/mol. The first-order valence-corrected chi connectivity index (χ1v) is 3.27. The largest absolute Gasteiger partial charge is 0.0149 e. The molecule has 0 heterocycles. The van der Waals surface area contributed by atoms with Crippen molar-refractivity contribution in [1.29, 1.82) is 0 Å². The molecule has 0 rings (SSSR count). The Morgan fingerprint density at radius 2 is 1.43 bits per heavy atom. The van der Waals surface area contributed by atoms with E-state index < -0.39 is 6.95 Å². The molecule has 0 bridgehead atoms. The molecule has 0 aliphatic heterocycles. The number of halogens is 1. The topological polar surface area (TPSA) is 57.5 Å². The summed E-state index contributed by atoms with van der Waals surface area (Å²) in [5.74, 6) is 0. The van der Waals surface area contributed by atoms with E-state index in [4.69, 9.17) is 14.4 Å². The van der Waals surface area contributed by atoms with Gasteiger partial charge >= 0.3 is 36.5 Å². The SMILES string of the molecule is O=P(O)(O)Cl.[NaH].[SiH4]. The zero-order valence-corrected chi connectivity index (χ0v) is 3.78. The van der Waals surface area contributed by atoms with Gasteiger partial charge in [-0.05, 0) is 11.0 Å². The fourth-order valence-electron chi connectivity index (χ4n) is 0. The van der Waals surface area contributed by atoms with Crippen molar-refractivity contribution in [3.63, 3.8) is 0 Å². The molecular formula is H7ClNaO3PSi. The third-order valence-corrected chi connectivity index (χ3v) is 0. The van der Waals surface area contributed by atoms with Crippen LogP contribution in [0.15, 0.2) is 0 Å². The summed E-state index contributed by atoms with van der Waals surface area (Å²) in [5, 5.41) is 0. The van der Waals surface area contributed by atoms with E-state index in [1.807, 2.05) is 0 Å². The minimum atomic E-state index is -4.17. The van der Waals surface area contributed by atoms with Crippen molar-refractivity contribution in [2.24, 2.45) is 0 Å². The zero-order chi connectivity index (χ0) is 4.50. The van der Waals surface area contributed by atoms with Crippen LogP contribution in [0.4, 0.5) is 0 Å². The molecule has 0 fully saturated rings. The maximum absolute atomic E-state index is 9.09. The van der Waals surface area contributed by atoms with Gasteiger partial charge in [0.2, 0.25) is 0 Å². The molecule has 0 radical (unpaired) electrons. The molecule has 2 N–H and O–H groups in total. The van der Waals surface area contributed by atoms with E-state index in [1.54, 1.807) is 0 Å². The van der Waals surface area contributed by atoms with Gasteiger partial charge < -0.3 is 9.79 Å². The van der Waals surface area contributed by atoms with E-state index >= 15 is 0 Å². The first-order valence-electron chi connectivity index (χ1n) is 0.752. The second-order valence-electron chi connectivity index (χ2n) is 0.473. The Bertz CT molecular complexity index is 61.1. The fourth-order valence-corrected chi connectivity index (χ4v) is 0. The Kier molecular flexibility index (Phi) is 13.1. The van der Waals surface area contributed by atoms with Crippen molar-refractivity contribution in [2.45, 2.75) is 0 Å². The number of hydrogen-bond acceptors (Lipinski definition) is 1. The molecule has 3 nitrogen and oxygen atoms in total. The van der Waals surface area contributed by atoms with Gasteiger partial charge in [0.25, 0.3) is 0 Å². The van der Waals surface area contributed by atoms with E-state index in [2.05, 4.69) is 11.2 Å². The molecule has 7 heteroatoms. The van der Waals surface area contributed by atoms with E-state index in [-0.39, 0.29) is 40.5 Å². The summed E-state index contributed by atoms with van der Waals surface area (Å²) in [4.78, 5) is 14.8. The average molecular weight is 173 g/mol. The molecule has 7 heavy (non-hydrogen) atoms. The second-order valence-corrected chi connectivity index (χ2v) is 2.74. The van der Waals surface area contributed by atoms with Gasteiger partial charge in [0.05, 0.1) is 0 Å². The van der Waals surface area contributed by atoms with Crippen LogP contribution in [0, 0.1) is 0 Å². The van der Waals surface area contributed by atoms with Gasteiger partial charge in [-0.15, -0.1) is 0 Å². The van der Waals surface area contributed by atoms with Gasteiger partial charge in [-0.2, -0.15) is 0 Å². The van der Waals surface area contributed by atoms with Gasteiger partial charge in [0.15, 0.2) is 0 Å². The van der Waals surface area contributed by atoms with Crippen LogP contribution in [0.5, 0.6) is 0 Å². The molecular weight excluding hydrogens is 166 g/mol. The van der Waals surface area contributed by atoms with Crippen LogP contribution in [0.1, 0.15) is 0 Å². The normalized spacial score (nSPS) is 8.43. The predicted octanol–water partition coefficient (Wildman–Crippen LogP) is -1.78. The summed E-state index contributed by atoms with van der Waals surface area (Å²) in [7, 11) is 0. The summed E-state index contributed by atoms with van der Waals surface area (Å²) in [6.07, 6.45) is 0. The monoisotopic (exact) mass is 172 g/mol. The first kappa shape index (κ1) is 15.9. The fraction of sp³-hybridized carbons (Fsp3) is 0. The second kappa shape index (κ2) is 5.79. The molecule has 0 aromatic heterocycles. The average Bonchev–Trinajstić information content (AvgIpc) is 0.722.